The largest absolute Gasteiger partial charge is 0.481 e. The quantitative estimate of drug-likeness (QED) is 0.747. The molecule has 0 fully saturated rings. The molecule has 0 amide bonds. The molecular formula is C11H7N3O2S3. The van der Waals surface area contributed by atoms with E-state index in [1.54, 1.807) is 16.7 Å². The molecule has 8 heteroatoms. The fourth-order valence-electron chi connectivity index (χ4n) is 1.49. The third-order valence-electron chi connectivity index (χ3n) is 2.26. The van der Waals surface area contributed by atoms with Gasteiger partial charge in [-0.2, -0.15) is 0 Å². The number of nitrogens with zero attached hydrogens (tertiary/aromatic N) is 3. The standard InChI is InChI=1S/C11H7N3O2S3/c15-8(16)3-6-4-18-11(14-6)19-10-9-7(1-2-17-9)12-5-13-10/h1-2,4-5H,3H2,(H,15,16). The number of rotatable bonds is 4. The molecule has 0 aliphatic carbocycles. The highest BCUT2D eigenvalue weighted by Crippen LogP contribution is 2.35. The molecule has 0 atom stereocenters. The molecule has 0 unspecified atom stereocenters. The Labute approximate surface area is 120 Å². The van der Waals surface area contributed by atoms with E-state index < -0.39 is 5.97 Å². The minimum Gasteiger partial charge on any atom is -0.481 e. The van der Waals surface area contributed by atoms with Gasteiger partial charge in [0.15, 0.2) is 4.34 Å². The lowest BCUT2D eigenvalue weighted by atomic mass is 10.3. The van der Waals surface area contributed by atoms with E-state index in [9.17, 15) is 4.79 Å². The van der Waals surface area contributed by atoms with Gasteiger partial charge >= 0.3 is 5.97 Å². The fraction of sp³-hybridized carbons (Fsp3) is 0.0909. The number of carbonyl (C=O) groups is 1. The van der Waals surface area contributed by atoms with Gasteiger partial charge in [-0.25, -0.2) is 15.0 Å². The van der Waals surface area contributed by atoms with Crippen LogP contribution in [0.4, 0.5) is 0 Å². The summed E-state index contributed by atoms with van der Waals surface area (Å²) in [7, 11) is 0. The third kappa shape index (κ3) is 2.75. The summed E-state index contributed by atoms with van der Waals surface area (Å²) in [6.07, 6.45) is 1.48. The first-order valence-electron chi connectivity index (χ1n) is 5.24. The van der Waals surface area contributed by atoms with E-state index in [2.05, 4.69) is 15.0 Å². The number of aromatic nitrogens is 3. The normalized spacial score (nSPS) is 10.9. The van der Waals surface area contributed by atoms with Crippen molar-refractivity contribution in [1.82, 2.24) is 15.0 Å². The average molecular weight is 309 g/mol. The molecule has 0 aliphatic rings. The minimum absolute atomic E-state index is 0.0464. The second kappa shape index (κ2) is 5.24. The summed E-state index contributed by atoms with van der Waals surface area (Å²) in [6.45, 7) is 0. The van der Waals surface area contributed by atoms with E-state index in [1.165, 1.54) is 29.4 Å². The Hall–Kier alpha value is -1.51. The van der Waals surface area contributed by atoms with Gasteiger partial charge in [-0.15, -0.1) is 22.7 Å². The number of fused-ring (bicyclic) bond motifs is 1. The Morgan fingerprint density at radius 2 is 2.26 bits per heavy atom. The second-order valence-corrected chi connectivity index (χ2v) is 6.60. The van der Waals surface area contributed by atoms with Gasteiger partial charge in [0.2, 0.25) is 0 Å². The zero-order valence-corrected chi connectivity index (χ0v) is 11.9. The monoisotopic (exact) mass is 309 g/mol. The van der Waals surface area contributed by atoms with Gasteiger partial charge in [0.05, 0.1) is 22.3 Å². The molecule has 0 saturated carbocycles. The van der Waals surface area contributed by atoms with Crippen LogP contribution in [0.15, 0.2) is 32.5 Å². The highest BCUT2D eigenvalue weighted by Gasteiger charge is 2.11. The van der Waals surface area contributed by atoms with Crippen molar-refractivity contribution >= 4 is 50.6 Å². The van der Waals surface area contributed by atoms with Crippen LogP contribution in [0.2, 0.25) is 0 Å². The Morgan fingerprint density at radius 1 is 1.37 bits per heavy atom. The molecule has 0 bridgehead atoms. The van der Waals surface area contributed by atoms with Gasteiger partial charge in [0.1, 0.15) is 11.4 Å². The number of thiazole rings is 1. The van der Waals surface area contributed by atoms with Gasteiger partial charge in [0, 0.05) is 5.38 Å². The number of hydrogen-bond acceptors (Lipinski definition) is 7. The lowest BCUT2D eigenvalue weighted by Crippen LogP contribution is -1.99. The molecule has 5 nitrogen and oxygen atoms in total. The van der Waals surface area contributed by atoms with Crippen molar-refractivity contribution in [2.45, 2.75) is 15.8 Å². The van der Waals surface area contributed by atoms with E-state index in [1.807, 2.05) is 11.4 Å². The van der Waals surface area contributed by atoms with Crippen LogP contribution in [-0.4, -0.2) is 26.0 Å². The van der Waals surface area contributed by atoms with Crippen molar-refractivity contribution in [1.29, 1.82) is 0 Å². The Kier molecular flexibility index (Phi) is 3.45. The molecule has 0 radical (unpaired) electrons. The first-order chi connectivity index (χ1) is 9.22. The van der Waals surface area contributed by atoms with Crippen molar-refractivity contribution in [3.63, 3.8) is 0 Å². The molecule has 1 N–H and O–H groups in total. The summed E-state index contributed by atoms with van der Waals surface area (Å²) in [5, 5.41) is 13.3. The molecule has 3 aromatic rings. The van der Waals surface area contributed by atoms with Crippen molar-refractivity contribution in [2.24, 2.45) is 0 Å². The first kappa shape index (κ1) is 12.5. The molecule has 0 aliphatic heterocycles. The Balaban J connectivity index is 1.86. The fourth-order valence-corrected chi connectivity index (χ4v) is 4.23. The number of carboxylic acid groups (broad SMARTS) is 1. The van der Waals surface area contributed by atoms with E-state index in [0.29, 0.717) is 5.69 Å². The smallest absolute Gasteiger partial charge is 0.309 e. The zero-order valence-electron chi connectivity index (χ0n) is 9.44. The van der Waals surface area contributed by atoms with Crippen LogP contribution in [0.3, 0.4) is 0 Å². The summed E-state index contributed by atoms with van der Waals surface area (Å²) in [5.74, 6) is -0.871. The van der Waals surface area contributed by atoms with Crippen molar-refractivity contribution < 1.29 is 9.90 Å². The minimum atomic E-state index is -0.871. The van der Waals surface area contributed by atoms with E-state index >= 15 is 0 Å². The van der Waals surface area contributed by atoms with Crippen LogP contribution in [0, 0.1) is 0 Å². The summed E-state index contributed by atoms with van der Waals surface area (Å²) in [5.41, 5.74) is 1.50. The van der Waals surface area contributed by atoms with E-state index in [0.717, 1.165) is 19.6 Å². The van der Waals surface area contributed by atoms with Gasteiger partial charge < -0.3 is 5.11 Å². The maximum atomic E-state index is 10.6. The maximum Gasteiger partial charge on any atom is 0.309 e. The molecule has 0 aromatic carbocycles. The highest BCUT2D eigenvalue weighted by molar-refractivity contribution is 8.01. The number of aliphatic carboxylic acids is 1. The second-order valence-electron chi connectivity index (χ2n) is 3.59. The van der Waals surface area contributed by atoms with Gasteiger partial charge in [-0.1, -0.05) is 0 Å². The van der Waals surface area contributed by atoms with E-state index in [-0.39, 0.29) is 6.42 Å². The Bertz CT molecular complexity index is 737. The van der Waals surface area contributed by atoms with Crippen LogP contribution in [0.1, 0.15) is 5.69 Å². The Morgan fingerprint density at radius 3 is 3.11 bits per heavy atom. The number of hydrogen-bond donors (Lipinski definition) is 1. The molecule has 0 saturated heterocycles. The predicted molar refractivity (Wildman–Crippen MR) is 75.0 cm³/mol. The molecule has 3 rings (SSSR count). The van der Waals surface area contributed by atoms with E-state index in [4.69, 9.17) is 5.11 Å². The van der Waals surface area contributed by atoms with Crippen LogP contribution in [0.25, 0.3) is 10.2 Å². The van der Waals surface area contributed by atoms with Crippen molar-refractivity contribution in [3.8, 4) is 0 Å². The molecular weight excluding hydrogens is 302 g/mol. The van der Waals surface area contributed by atoms with Gasteiger partial charge in [-0.3, -0.25) is 4.79 Å². The van der Waals surface area contributed by atoms with Crippen molar-refractivity contribution in [2.75, 3.05) is 0 Å². The number of carboxylic acids is 1. The topological polar surface area (TPSA) is 76.0 Å². The summed E-state index contributed by atoms with van der Waals surface area (Å²) < 4.78 is 1.83. The lowest BCUT2D eigenvalue weighted by Gasteiger charge is -1.97. The molecule has 19 heavy (non-hydrogen) atoms. The molecule has 3 heterocycles. The van der Waals surface area contributed by atoms with Crippen LogP contribution in [-0.2, 0) is 11.2 Å². The molecule has 0 spiro atoms. The summed E-state index contributed by atoms with van der Waals surface area (Å²) >= 11 is 4.46. The van der Waals surface area contributed by atoms with Crippen LogP contribution in [0.5, 0.6) is 0 Å². The SMILES string of the molecule is O=C(O)Cc1csc(Sc2ncnc3ccsc23)n1. The highest BCUT2D eigenvalue weighted by atomic mass is 32.2. The van der Waals surface area contributed by atoms with Gasteiger partial charge in [-0.05, 0) is 23.2 Å². The lowest BCUT2D eigenvalue weighted by molar-refractivity contribution is -0.136. The van der Waals surface area contributed by atoms with Crippen LogP contribution >= 0.6 is 34.4 Å². The van der Waals surface area contributed by atoms with Crippen LogP contribution < -0.4 is 0 Å². The molecule has 3 aromatic heterocycles. The third-order valence-corrected chi connectivity index (χ3v) is 5.29. The number of thiophene rings is 1. The maximum absolute atomic E-state index is 10.6. The summed E-state index contributed by atoms with van der Waals surface area (Å²) in [6, 6.07) is 1.95. The molecule has 96 valence electrons. The summed E-state index contributed by atoms with van der Waals surface area (Å²) in [4.78, 5) is 23.3. The van der Waals surface area contributed by atoms with Gasteiger partial charge in [0.25, 0.3) is 0 Å². The zero-order chi connectivity index (χ0) is 13.2. The predicted octanol–water partition coefficient (Wildman–Crippen LogP) is 2.93. The average Bonchev–Trinajstić information content (AvgIpc) is 2.98. The van der Waals surface area contributed by atoms with Crippen molar-refractivity contribution in [3.05, 3.63) is 28.8 Å². The first-order valence-corrected chi connectivity index (χ1v) is 7.82.